The van der Waals surface area contributed by atoms with Gasteiger partial charge in [-0.3, -0.25) is 0 Å². The SMILES string of the molecule is CCCCCCCCC[CH]CCCCCCCCCCCCCCCCCC. The van der Waals surface area contributed by atoms with Crippen LogP contribution in [-0.2, 0) is 0 Å². The fourth-order valence-electron chi connectivity index (χ4n) is 4.23. The Bertz CT molecular complexity index is 218. The summed E-state index contributed by atoms with van der Waals surface area (Å²) in [4.78, 5) is 0. The monoisotopic (exact) mass is 393 g/mol. The van der Waals surface area contributed by atoms with Gasteiger partial charge in [0.15, 0.2) is 0 Å². The normalized spacial score (nSPS) is 11.4. The summed E-state index contributed by atoms with van der Waals surface area (Å²) in [6, 6.07) is 0. The van der Waals surface area contributed by atoms with Gasteiger partial charge in [0.25, 0.3) is 0 Å². The zero-order valence-electron chi connectivity index (χ0n) is 20.3. The summed E-state index contributed by atoms with van der Waals surface area (Å²) in [7, 11) is 0. The van der Waals surface area contributed by atoms with Crippen molar-refractivity contribution in [3.8, 4) is 0 Å². The number of unbranched alkanes of at least 4 members (excludes halogenated alkanes) is 25. The minimum Gasteiger partial charge on any atom is -0.0654 e. The van der Waals surface area contributed by atoms with E-state index in [1.54, 1.807) is 0 Å². The number of rotatable bonds is 25. The van der Waals surface area contributed by atoms with Crippen molar-refractivity contribution in [3.63, 3.8) is 0 Å². The maximum Gasteiger partial charge on any atom is -0.0386 e. The van der Waals surface area contributed by atoms with E-state index in [4.69, 9.17) is 0 Å². The molecule has 0 bridgehead atoms. The van der Waals surface area contributed by atoms with Crippen LogP contribution in [0.1, 0.15) is 174 Å². The molecule has 169 valence electrons. The van der Waals surface area contributed by atoms with E-state index in [9.17, 15) is 0 Å². The molecule has 0 spiro atoms. The summed E-state index contributed by atoms with van der Waals surface area (Å²) >= 11 is 0. The van der Waals surface area contributed by atoms with Crippen LogP contribution in [-0.4, -0.2) is 0 Å². The Morgan fingerprint density at radius 2 is 0.500 bits per heavy atom. The van der Waals surface area contributed by atoms with Gasteiger partial charge in [0.1, 0.15) is 0 Å². The van der Waals surface area contributed by atoms with Crippen molar-refractivity contribution in [1.29, 1.82) is 0 Å². The molecule has 28 heavy (non-hydrogen) atoms. The first-order chi connectivity index (χ1) is 13.9. The van der Waals surface area contributed by atoms with E-state index in [0.29, 0.717) is 0 Å². The summed E-state index contributed by atoms with van der Waals surface area (Å²) in [6.07, 6.45) is 38.9. The third-order valence-electron chi connectivity index (χ3n) is 6.27. The van der Waals surface area contributed by atoms with Gasteiger partial charge in [0, 0.05) is 0 Å². The first-order valence-electron chi connectivity index (χ1n) is 13.7. The lowest BCUT2D eigenvalue weighted by Gasteiger charge is -2.04. The van der Waals surface area contributed by atoms with Gasteiger partial charge >= 0.3 is 0 Å². The molecule has 0 unspecified atom stereocenters. The number of hydrogen-bond donors (Lipinski definition) is 0. The molecule has 0 fully saturated rings. The molecule has 0 saturated heterocycles. The van der Waals surface area contributed by atoms with Gasteiger partial charge in [0.05, 0.1) is 0 Å². The largest absolute Gasteiger partial charge is 0.0654 e. The molecular formula is C28H57. The van der Waals surface area contributed by atoms with E-state index in [1.807, 2.05) is 0 Å². The van der Waals surface area contributed by atoms with Crippen LogP contribution in [0.25, 0.3) is 0 Å². The zero-order valence-corrected chi connectivity index (χ0v) is 20.3. The molecule has 0 aromatic heterocycles. The summed E-state index contributed by atoms with van der Waals surface area (Å²) < 4.78 is 0. The fraction of sp³-hybridized carbons (Fsp3) is 0.964. The lowest BCUT2D eigenvalue weighted by molar-refractivity contribution is 0.528. The van der Waals surface area contributed by atoms with Gasteiger partial charge in [-0.05, 0) is 6.42 Å². The second-order valence-corrected chi connectivity index (χ2v) is 9.29. The average molecular weight is 394 g/mol. The highest BCUT2D eigenvalue weighted by molar-refractivity contribution is 4.64. The van der Waals surface area contributed by atoms with E-state index in [1.165, 1.54) is 161 Å². The van der Waals surface area contributed by atoms with Crippen molar-refractivity contribution in [2.75, 3.05) is 0 Å². The Morgan fingerprint density at radius 3 is 0.750 bits per heavy atom. The highest BCUT2D eigenvalue weighted by Gasteiger charge is 1.96. The molecule has 0 nitrogen and oxygen atoms in total. The molecule has 0 heterocycles. The third-order valence-corrected chi connectivity index (χ3v) is 6.27. The Kier molecular flexibility index (Phi) is 27.0. The molecule has 0 saturated carbocycles. The summed E-state index contributed by atoms with van der Waals surface area (Å²) in [6.45, 7) is 4.60. The van der Waals surface area contributed by atoms with Gasteiger partial charge in [-0.1, -0.05) is 174 Å². The predicted octanol–water partition coefficient (Wildman–Crippen LogP) is 11.0. The molecule has 0 aromatic carbocycles. The van der Waals surface area contributed by atoms with E-state index in [0.717, 1.165) is 0 Å². The van der Waals surface area contributed by atoms with Gasteiger partial charge < -0.3 is 0 Å². The van der Waals surface area contributed by atoms with Crippen LogP contribution in [0.15, 0.2) is 0 Å². The summed E-state index contributed by atoms with van der Waals surface area (Å²) in [5.74, 6) is 0. The molecule has 0 aliphatic heterocycles. The Morgan fingerprint density at radius 1 is 0.286 bits per heavy atom. The standard InChI is InChI=1S/C28H57/c1-3-5-7-9-11-13-15-17-19-21-23-25-27-28-26-24-22-20-18-16-14-12-10-8-6-4-2/h19H,3-18,20-28H2,1-2H3. The van der Waals surface area contributed by atoms with Crippen LogP contribution in [0.4, 0.5) is 0 Å². The highest BCUT2D eigenvalue weighted by Crippen LogP contribution is 2.15. The molecule has 0 aliphatic carbocycles. The second-order valence-electron chi connectivity index (χ2n) is 9.29. The lowest BCUT2D eigenvalue weighted by atomic mass is 10.0. The summed E-state index contributed by atoms with van der Waals surface area (Å²) in [5, 5.41) is 0. The minimum atomic E-state index is 1.37. The van der Waals surface area contributed by atoms with E-state index >= 15 is 0 Å². The van der Waals surface area contributed by atoms with Gasteiger partial charge in [-0.15, -0.1) is 0 Å². The molecule has 0 atom stereocenters. The van der Waals surface area contributed by atoms with Crippen LogP contribution in [0.2, 0.25) is 0 Å². The zero-order chi connectivity index (χ0) is 20.4. The molecule has 0 aliphatic rings. The Hall–Kier alpha value is 0. The van der Waals surface area contributed by atoms with E-state index in [-0.39, 0.29) is 0 Å². The van der Waals surface area contributed by atoms with Crippen molar-refractivity contribution < 1.29 is 0 Å². The number of hydrogen-bond acceptors (Lipinski definition) is 0. The van der Waals surface area contributed by atoms with Crippen molar-refractivity contribution >= 4 is 0 Å². The molecule has 0 aromatic rings. The van der Waals surface area contributed by atoms with Crippen molar-refractivity contribution in [2.24, 2.45) is 0 Å². The van der Waals surface area contributed by atoms with Crippen LogP contribution < -0.4 is 0 Å². The highest BCUT2D eigenvalue weighted by atomic mass is 14.0. The fourth-order valence-corrected chi connectivity index (χ4v) is 4.23. The second kappa shape index (κ2) is 27.0. The van der Waals surface area contributed by atoms with Crippen molar-refractivity contribution in [2.45, 2.75) is 174 Å². The van der Waals surface area contributed by atoms with Crippen molar-refractivity contribution in [3.05, 3.63) is 6.42 Å². The van der Waals surface area contributed by atoms with E-state index < -0.39 is 0 Å². The molecule has 0 heteroatoms. The first kappa shape index (κ1) is 28.0. The van der Waals surface area contributed by atoms with Gasteiger partial charge in [0.2, 0.25) is 0 Å². The smallest absolute Gasteiger partial charge is 0.0386 e. The third kappa shape index (κ3) is 26.0. The molecule has 0 N–H and O–H groups in total. The average Bonchev–Trinajstić information content (AvgIpc) is 2.71. The topological polar surface area (TPSA) is 0 Å². The molecule has 0 rings (SSSR count). The van der Waals surface area contributed by atoms with E-state index in [2.05, 4.69) is 20.3 Å². The molecular weight excluding hydrogens is 336 g/mol. The van der Waals surface area contributed by atoms with Crippen LogP contribution >= 0.6 is 0 Å². The van der Waals surface area contributed by atoms with Crippen LogP contribution in [0.3, 0.4) is 0 Å². The Labute approximate surface area is 181 Å². The maximum absolute atomic E-state index is 2.57. The quantitative estimate of drug-likeness (QED) is 0.135. The first-order valence-corrected chi connectivity index (χ1v) is 13.7. The predicted molar refractivity (Wildman–Crippen MR) is 131 cm³/mol. The van der Waals surface area contributed by atoms with Crippen LogP contribution in [0.5, 0.6) is 0 Å². The van der Waals surface area contributed by atoms with Crippen molar-refractivity contribution in [1.82, 2.24) is 0 Å². The van der Waals surface area contributed by atoms with Gasteiger partial charge in [-0.25, -0.2) is 0 Å². The molecule has 0 amide bonds. The Balaban J connectivity index is 2.96. The van der Waals surface area contributed by atoms with Gasteiger partial charge in [-0.2, -0.15) is 0 Å². The molecule has 1 radical (unpaired) electrons. The minimum absolute atomic E-state index is 1.37. The van der Waals surface area contributed by atoms with Crippen LogP contribution in [0, 0.1) is 6.42 Å². The maximum atomic E-state index is 2.57. The lowest BCUT2D eigenvalue weighted by Crippen LogP contribution is -1.85. The summed E-state index contributed by atoms with van der Waals surface area (Å²) in [5.41, 5.74) is 0.